The van der Waals surface area contributed by atoms with Crippen LogP contribution in [0.4, 0.5) is 115 Å². The van der Waals surface area contributed by atoms with Crippen LogP contribution in [-0.2, 0) is 49.4 Å². The van der Waals surface area contributed by atoms with Crippen LogP contribution >= 0.6 is 22.7 Å². The number of hydrogen-bond donors (Lipinski definition) is 0. The second-order valence-corrected chi connectivity index (χ2v) is 21.3. The van der Waals surface area contributed by atoms with Crippen LogP contribution in [0.5, 0.6) is 0 Å². The van der Waals surface area contributed by atoms with Crippen molar-refractivity contribution in [1.82, 2.24) is 0 Å². The van der Waals surface area contributed by atoms with E-state index in [0.29, 0.717) is 10.0 Å². The Morgan fingerprint density at radius 3 is 0.676 bits per heavy atom. The Morgan fingerprint density at radius 2 is 0.514 bits per heavy atom. The van der Waals surface area contributed by atoms with Gasteiger partial charge in [0.1, 0.15) is 6.15 Å². The Bertz CT molecular complexity index is 2640. The van der Waals surface area contributed by atoms with E-state index in [1.165, 1.54) is 28.4 Å². The third-order valence-electron chi connectivity index (χ3n) is 10.0. The molecule has 0 unspecified atom stereocenters. The van der Waals surface area contributed by atoms with Crippen molar-refractivity contribution < 1.29 is 127 Å². The molecule has 396 valence electrons. The van der Waals surface area contributed by atoms with Gasteiger partial charge >= 0.3 is 70.6 Å². The van der Waals surface area contributed by atoms with E-state index in [1.54, 1.807) is 0 Å². The number of azide groups is 2. The lowest BCUT2D eigenvalue weighted by molar-refractivity contribution is -0.585. The minimum absolute atomic E-state index is 0.282. The molecule has 0 saturated carbocycles. The standard InChI is InChI=1S/C32H12BF24.C8H4IN6S2/c34-25(35,36)13-1-14(26(37,38)39)6-21(5-13)33(22-7-15(27(40,41)42)2-16(8-22)28(43,44)45,23-9-17(29(46,47)48)3-18(10-23)30(49,50)51)24-11-19(31(52,53)54)4-20(12-24)32(55,56)57;10-14-12-7-3-1-5(16-7)9-6-2-4-8(17-6)13-15-11/h1-12H;1-4H/q-1;+1. The van der Waals surface area contributed by atoms with Crippen LogP contribution in [0.25, 0.3) is 20.9 Å². The highest BCUT2D eigenvalue weighted by Crippen LogP contribution is 2.41. The van der Waals surface area contributed by atoms with Gasteiger partial charge in [-0.2, -0.15) is 127 Å². The van der Waals surface area contributed by atoms with Crippen LogP contribution < -0.4 is 43.1 Å². The molecule has 34 heteroatoms. The molecule has 6 nitrogen and oxygen atoms in total. The van der Waals surface area contributed by atoms with Gasteiger partial charge in [0.25, 0.3) is 0 Å². The average molecular weight is 1240 g/mol. The normalized spacial score (nSPS) is 13.2. The minimum atomic E-state index is -6.13. The SMILES string of the molecule is FC(F)(F)c1cc([B-](c2cc(C(F)(F)F)cc(C(F)(F)F)c2)(c2cc(C(F)(F)F)cc(C(F)(F)F)c2)c2cc(C(F)(F)F)cc(C(F)(F)F)c2)cc(C(F)(F)F)c1.[N-]=[N+]=Nc1ccc([I+]c2ccc(N=[N+]=[N-])s2)s1. The quantitative estimate of drug-likeness (QED) is 0.0362. The Kier molecular flexibility index (Phi) is 16.4. The maximum Gasteiger partial charge on any atom is 0.416 e. The summed E-state index contributed by atoms with van der Waals surface area (Å²) < 4.78 is 343. The van der Waals surface area contributed by atoms with Crippen LogP contribution in [0.15, 0.2) is 107 Å². The summed E-state index contributed by atoms with van der Waals surface area (Å²) in [6.07, 6.45) is -54.8. The zero-order valence-corrected chi connectivity index (χ0v) is 38.6. The van der Waals surface area contributed by atoms with Crippen molar-refractivity contribution in [2.75, 3.05) is 0 Å². The van der Waals surface area contributed by atoms with Gasteiger partial charge in [-0.15, -0.1) is 0 Å². The van der Waals surface area contributed by atoms with Gasteiger partial charge in [-0.1, -0.05) is 71.2 Å². The molecule has 74 heavy (non-hydrogen) atoms. The summed E-state index contributed by atoms with van der Waals surface area (Å²) in [6.45, 7) is 0. The Morgan fingerprint density at radius 1 is 0.324 bits per heavy atom. The second kappa shape index (κ2) is 20.6. The van der Waals surface area contributed by atoms with Gasteiger partial charge < -0.3 is 0 Å². The van der Waals surface area contributed by atoms with E-state index in [0.717, 1.165) is 0 Å². The van der Waals surface area contributed by atoms with Crippen LogP contribution in [0, 0.1) is 5.77 Å². The number of alkyl halides is 24. The molecule has 0 saturated heterocycles. The number of thiophene rings is 2. The van der Waals surface area contributed by atoms with Crippen molar-refractivity contribution >= 4 is 60.7 Å². The Labute approximate surface area is 413 Å². The van der Waals surface area contributed by atoms with Gasteiger partial charge in [0, 0.05) is 22.0 Å². The fourth-order valence-corrected chi connectivity index (χ4v) is 12.9. The predicted octanol–water partition coefficient (Wildman–Crippen LogP) is 13.0. The average Bonchev–Trinajstić information content (AvgIpc) is 3.90. The fourth-order valence-electron chi connectivity index (χ4n) is 7.07. The highest BCUT2D eigenvalue weighted by Gasteiger charge is 2.47. The van der Waals surface area contributed by atoms with Crippen molar-refractivity contribution in [2.24, 2.45) is 10.2 Å². The summed E-state index contributed by atoms with van der Waals surface area (Å²) in [5.41, 5.74) is -13.6. The minimum Gasteiger partial charge on any atom is -0.194 e. The van der Waals surface area contributed by atoms with Crippen molar-refractivity contribution in [3.05, 3.63) is 168 Å². The van der Waals surface area contributed by atoms with E-state index in [2.05, 4.69) is 20.1 Å². The van der Waals surface area contributed by atoms with Crippen LogP contribution in [0.2, 0.25) is 0 Å². The molecule has 0 radical (unpaired) electrons. The number of halogens is 25. The lowest BCUT2D eigenvalue weighted by Gasteiger charge is -2.46. The monoisotopic (exact) mass is 1240 g/mol. The molecule has 2 heterocycles. The highest BCUT2D eigenvalue weighted by molar-refractivity contribution is 7.20. The summed E-state index contributed by atoms with van der Waals surface area (Å²) in [5, 5.41) is 8.49. The zero-order valence-electron chi connectivity index (χ0n) is 34.8. The zero-order chi connectivity index (χ0) is 56.0. The first kappa shape index (κ1) is 58.9. The lowest BCUT2D eigenvalue weighted by atomic mass is 9.12. The van der Waals surface area contributed by atoms with E-state index in [4.69, 9.17) is 11.1 Å². The Balaban J connectivity index is 0.000000500. The maximum absolute atomic E-state index is 14.2. The molecule has 0 bridgehead atoms. The van der Waals surface area contributed by atoms with Gasteiger partial charge in [0.2, 0.25) is 5.77 Å². The third kappa shape index (κ3) is 13.8. The van der Waals surface area contributed by atoms with Gasteiger partial charge in [-0.3, -0.25) is 0 Å². The summed E-state index contributed by atoms with van der Waals surface area (Å²) >= 11 is 2.73. The van der Waals surface area contributed by atoms with Crippen LogP contribution in [0.1, 0.15) is 44.5 Å². The number of hydrogen-bond acceptors (Lipinski definition) is 4. The van der Waals surface area contributed by atoms with Crippen molar-refractivity contribution in [2.45, 2.75) is 49.4 Å². The lowest BCUT2D eigenvalue weighted by Crippen LogP contribution is -3.61. The van der Waals surface area contributed by atoms with Gasteiger partial charge in [0.15, 0.2) is 0 Å². The summed E-state index contributed by atoms with van der Waals surface area (Å²) in [7, 11) is 0. The first-order valence-corrected chi connectivity index (χ1v) is 22.7. The van der Waals surface area contributed by atoms with Gasteiger partial charge in [-0.25, -0.2) is 0 Å². The van der Waals surface area contributed by atoms with Crippen molar-refractivity contribution in [1.29, 1.82) is 0 Å². The molecule has 6 aromatic rings. The number of rotatable bonds is 8. The summed E-state index contributed by atoms with van der Waals surface area (Å²) in [5.74, 6) is 0. The van der Waals surface area contributed by atoms with E-state index in [9.17, 15) is 105 Å². The molecule has 0 aliphatic rings. The largest absolute Gasteiger partial charge is 0.416 e. The molecule has 0 N–H and O–H groups in total. The van der Waals surface area contributed by atoms with Crippen molar-refractivity contribution in [3.63, 3.8) is 0 Å². The van der Waals surface area contributed by atoms with Gasteiger partial charge in [0.05, 0.1) is 54.5 Å². The first-order valence-electron chi connectivity index (χ1n) is 18.9. The maximum atomic E-state index is 14.2. The molecule has 6 rings (SSSR count). The first-order chi connectivity index (χ1) is 33.6. The number of benzene rings is 4. The summed E-state index contributed by atoms with van der Waals surface area (Å²) in [4.78, 5) is 5.50. The van der Waals surface area contributed by atoms with Gasteiger partial charge in [-0.05, 0) is 57.7 Å². The van der Waals surface area contributed by atoms with Crippen LogP contribution in [0.3, 0.4) is 0 Å². The molecule has 0 fully saturated rings. The third-order valence-corrected chi connectivity index (χ3v) is 15.7. The van der Waals surface area contributed by atoms with E-state index in [-0.39, 0.29) is 21.2 Å². The molecular weight excluding hydrogens is 1220 g/mol. The molecular formula is C40H16BF24IN6S2. The molecule has 0 atom stereocenters. The van der Waals surface area contributed by atoms with E-state index in [1.807, 2.05) is 24.3 Å². The molecule has 0 spiro atoms. The molecule has 0 aliphatic heterocycles. The molecule has 2 aromatic heterocycles. The Hall–Kier alpha value is -5.99. The molecule has 0 amide bonds. The molecule has 0 aliphatic carbocycles. The highest BCUT2D eigenvalue weighted by atomic mass is 127. The van der Waals surface area contributed by atoms with E-state index >= 15 is 0 Å². The molecule has 4 aromatic carbocycles. The smallest absolute Gasteiger partial charge is 0.194 e. The fraction of sp³-hybridized carbons (Fsp3) is 0.200. The second-order valence-electron chi connectivity index (χ2n) is 14.9. The van der Waals surface area contributed by atoms with Crippen LogP contribution in [-0.4, -0.2) is 6.15 Å². The van der Waals surface area contributed by atoms with E-state index < -0.39 is 195 Å². The summed E-state index contributed by atoms with van der Waals surface area (Å²) in [6, 6.07) is -1.21. The predicted molar refractivity (Wildman–Crippen MR) is 214 cm³/mol. The number of nitrogens with zero attached hydrogens (tertiary/aromatic N) is 6. The topological polar surface area (TPSA) is 97.5 Å². The van der Waals surface area contributed by atoms with Crippen molar-refractivity contribution in [3.8, 4) is 0 Å².